The van der Waals surface area contributed by atoms with Crippen LogP contribution in [0.4, 0.5) is 0 Å². The maximum Gasteiger partial charge on any atom is 0.234 e. The van der Waals surface area contributed by atoms with Gasteiger partial charge in [-0.2, -0.15) is 0 Å². The fourth-order valence-electron chi connectivity index (χ4n) is 1.92. The van der Waals surface area contributed by atoms with E-state index in [-0.39, 0.29) is 24.0 Å². The highest BCUT2D eigenvalue weighted by molar-refractivity contribution is 7.10. The Balaban J connectivity index is 1.86. The highest BCUT2D eigenvalue weighted by Gasteiger charge is 2.24. The molecule has 2 N–H and O–H groups in total. The number of carbonyl (C=O) groups is 1. The maximum atomic E-state index is 12.0. The van der Waals surface area contributed by atoms with E-state index in [9.17, 15) is 4.79 Å². The second kappa shape index (κ2) is 6.68. The van der Waals surface area contributed by atoms with Crippen molar-refractivity contribution in [1.29, 1.82) is 0 Å². The first-order chi connectivity index (χ1) is 9.88. The lowest BCUT2D eigenvalue weighted by Crippen LogP contribution is -2.43. The lowest BCUT2D eigenvalue weighted by molar-refractivity contribution is -0.121. The Morgan fingerprint density at radius 2 is 2.19 bits per heavy atom. The van der Waals surface area contributed by atoms with E-state index in [0.29, 0.717) is 0 Å². The molecule has 0 aliphatic rings. The predicted octanol–water partition coefficient (Wildman–Crippen LogP) is 3.22. The Hall–Kier alpha value is -1.24. The second-order valence-corrected chi connectivity index (χ2v) is 7.41. The van der Waals surface area contributed by atoms with Crippen molar-refractivity contribution in [3.05, 3.63) is 38.5 Å². The van der Waals surface area contributed by atoms with Crippen LogP contribution in [0.1, 0.15) is 42.4 Å². The Morgan fingerprint density at radius 3 is 2.76 bits per heavy atom. The third-order valence-corrected chi connectivity index (χ3v) is 5.53. The molecule has 0 aliphatic carbocycles. The van der Waals surface area contributed by atoms with Gasteiger partial charge >= 0.3 is 0 Å². The third-order valence-electron chi connectivity index (χ3n) is 3.19. The van der Waals surface area contributed by atoms with Crippen molar-refractivity contribution in [3.63, 3.8) is 0 Å². The molecule has 0 spiro atoms. The SMILES string of the molecule is Cc1csc(C(C)(C)NCC(=O)N[C@H](C)c2cccs2)n1. The summed E-state index contributed by atoms with van der Waals surface area (Å²) in [5.41, 5.74) is 0.711. The van der Waals surface area contributed by atoms with Crippen LogP contribution >= 0.6 is 22.7 Å². The summed E-state index contributed by atoms with van der Waals surface area (Å²) in [6.07, 6.45) is 0. The lowest BCUT2D eigenvalue weighted by atomic mass is 10.1. The molecule has 2 aromatic heterocycles. The number of aryl methyl sites for hydroxylation is 1. The molecule has 0 aromatic carbocycles. The first-order valence-corrected chi connectivity index (χ1v) is 8.65. The van der Waals surface area contributed by atoms with E-state index in [1.165, 1.54) is 0 Å². The van der Waals surface area contributed by atoms with E-state index >= 15 is 0 Å². The minimum atomic E-state index is -0.303. The summed E-state index contributed by atoms with van der Waals surface area (Å²) in [5, 5.41) is 11.3. The van der Waals surface area contributed by atoms with Crippen molar-refractivity contribution in [2.24, 2.45) is 0 Å². The lowest BCUT2D eigenvalue weighted by Gasteiger charge is -2.24. The van der Waals surface area contributed by atoms with Gasteiger partial charge in [-0.3, -0.25) is 10.1 Å². The van der Waals surface area contributed by atoms with E-state index in [1.807, 2.05) is 50.6 Å². The highest BCUT2D eigenvalue weighted by Crippen LogP contribution is 2.23. The van der Waals surface area contributed by atoms with Gasteiger partial charge in [-0.05, 0) is 39.1 Å². The second-order valence-electron chi connectivity index (χ2n) is 5.58. The van der Waals surface area contributed by atoms with Gasteiger partial charge < -0.3 is 5.32 Å². The molecule has 2 heterocycles. The minimum Gasteiger partial charge on any atom is -0.348 e. The fourth-order valence-corrected chi connectivity index (χ4v) is 3.55. The molecular formula is C15H21N3OS2. The average molecular weight is 323 g/mol. The number of thiophene rings is 1. The van der Waals surface area contributed by atoms with E-state index in [2.05, 4.69) is 15.6 Å². The van der Waals surface area contributed by atoms with E-state index in [4.69, 9.17) is 0 Å². The van der Waals surface area contributed by atoms with Gasteiger partial charge in [0, 0.05) is 16.0 Å². The molecule has 2 aromatic rings. The van der Waals surface area contributed by atoms with Crippen LogP contribution in [0.25, 0.3) is 0 Å². The number of hydrogen-bond acceptors (Lipinski definition) is 5. The first-order valence-electron chi connectivity index (χ1n) is 6.89. The highest BCUT2D eigenvalue weighted by atomic mass is 32.1. The summed E-state index contributed by atoms with van der Waals surface area (Å²) >= 11 is 3.27. The first kappa shape index (κ1) is 16.1. The zero-order valence-corrected chi connectivity index (χ0v) is 14.4. The average Bonchev–Trinajstić information content (AvgIpc) is 3.07. The molecule has 1 amide bonds. The molecule has 0 radical (unpaired) electrons. The van der Waals surface area contributed by atoms with Crippen molar-refractivity contribution in [2.45, 2.75) is 39.3 Å². The van der Waals surface area contributed by atoms with Gasteiger partial charge in [-0.1, -0.05) is 6.07 Å². The van der Waals surface area contributed by atoms with Crippen molar-refractivity contribution in [2.75, 3.05) is 6.54 Å². The van der Waals surface area contributed by atoms with Crippen molar-refractivity contribution >= 4 is 28.6 Å². The zero-order valence-electron chi connectivity index (χ0n) is 12.8. The Labute approximate surface area is 133 Å². The monoisotopic (exact) mass is 323 g/mol. The van der Waals surface area contributed by atoms with E-state index < -0.39 is 0 Å². The van der Waals surface area contributed by atoms with Gasteiger partial charge in [-0.25, -0.2) is 4.98 Å². The molecule has 4 nitrogen and oxygen atoms in total. The molecule has 114 valence electrons. The quantitative estimate of drug-likeness (QED) is 0.858. The number of thiazole rings is 1. The maximum absolute atomic E-state index is 12.0. The summed E-state index contributed by atoms with van der Waals surface area (Å²) in [6, 6.07) is 4.07. The molecule has 0 aliphatic heterocycles. The number of amides is 1. The number of carbonyl (C=O) groups excluding carboxylic acids is 1. The number of aromatic nitrogens is 1. The number of nitrogens with zero attached hydrogens (tertiary/aromatic N) is 1. The fraction of sp³-hybridized carbons (Fsp3) is 0.467. The van der Waals surface area contributed by atoms with Crippen LogP contribution in [0.3, 0.4) is 0 Å². The molecule has 0 fully saturated rings. The van der Waals surface area contributed by atoms with Gasteiger partial charge in [0.25, 0.3) is 0 Å². The summed E-state index contributed by atoms with van der Waals surface area (Å²) in [7, 11) is 0. The van der Waals surface area contributed by atoms with Crippen LogP contribution in [0.15, 0.2) is 22.9 Å². The predicted molar refractivity (Wildman–Crippen MR) is 88.8 cm³/mol. The molecule has 0 bridgehead atoms. The summed E-state index contributed by atoms with van der Waals surface area (Å²) in [4.78, 5) is 17.7. The zero-order chi connectivity index (χ0) is 15.5. The Kier molecular flexibility index (Phi) is 5.13. The summed E-state index contributed by atoms with van der Waals surface area (Å²) < 4.78 is 0. The smallest absolute Gasteiger partial charge is 0.234 e. The molecule has 21 heavy (non-hydrogen) atoms. The topological polar surface area (TPSA) is 54.0 Å². The van der Waals surface area contributed by atoms with Crippen LogP contribution in [-0.2, 0) is 10.3 Å². The van der Waals surface area contributed by atoms with Crippen LogP contribution in [-0.4, -0.2) is 17.4 Å². The molecule has 0 unspecified atom stereocenters. The third kappa shape index (κ3) is 4.36. The number of nitrogens with one attached hydrogen (secondary N) is 2. The molecule has 1 atom stereocenters. The normalized spacial score (nSPS) is 13.1. The van der Waals surface area contributed by atoms with Gasteiger partial charge in [0.1, 0.15) is 5.01 Å². The molecule has 2 rings (SSSR count). The van der Waals surface area contributed by atoms with E-state index in [1.54, 1.807) is 22.7 Å². The number of hydrogen-bond donors (Lipinski definition) is 2. The van der Waals surface area contributed by atoms with Gasteiger partial charge in [0.15, 0.2) is 0 Å². The Bertz CT molecular complexity index is 590. The van der Waals surface area contributed by atoms with Crippen LogP contribution in [0, 0.1) is 6.92 Å². The standard InChI is InChI=1S/C15H21N3OS2/c1-10-9-21-14(17-10)15(3,4)16-8-13(19)18-11(2)12-6-5-7-20-12/h5-7,9,11,16H,8H2,1-4H3,(H,18,19)/t11-/m1/s1. The Morgan fingerprint density at radius 1 is 1.43 bits per heavy atom. The number of rotatable bonds is 6. The molecule has 0 saturated heterocycles. The van der Waals surface area contributed by atoms with Crippen LogP contribution in [0.2, 0.25) is 0 Å². The van der Waals surface area contributed by atoms with Gasteiger partial charge in [-0.15, -0.1) is 22.7 Å². The van der Waals surface area contributed by atoms with Gasteiger partial charge in [0.05, 0.1) is 18.1 Å². The summed E-state index contributed by atoms with van der Waals surface area (Å²) in [6.45, 7) is 8.34. The van der Waals surface area contributed by atoms with Crippen molar-refractivity contribution in [3.8, 4) is 0 Å². The van der Waals surface area contributed by atoms with E-state index in [0.717, 1.165) is 15.6 Å². The minimum absolute atomic E-state index is 0.00254. The van der Waals surface area contributed by atoms with Crippen molar-refractivity contribution < 1.29 is 4.79 Å². The van der Waals surface area contributed by atoms with Crippen molar-refractivity contribution in [1.82, 2.24) is 15.6 Å². The molecule has 0 saturated carbocycles. The summed E-state index contributed by atoms with van der Waals surface area (Å²) in [5.74, 6) is -0.00254. The van der Waals surface area contributed by atoms with Crippen LogP contribution in [0.5, 0.6) is 0 Å². The molecular weight excluding hydrogens is 302 g/mol. The van der Waals surface area contributed by atoms with Gasteiger partial charge in [0.2, 0.25) is 5.91 Å². The largest absolute Gasteiger partial charge is 0.348 e. The van der Waals surface area contributed by atoms with Crippen LogP contribution < -0.4 is 10.6 Å². The molecule has 6 heteroatoms.